The van der Waals surface area contributed by atoms with Crippen molar-refractivity contribution in [3.63, 3.8) is 0 Å². The molecule has 0 heterocycles. The van der Waals surface area contributed by atoms with Crippen LogP contribution in [0.3, 0.4) is 0 Å². The fourth-order valence-electron chi connectivity index (χ4n) is 1.73. The van der Waals surface area contributed by atoms with Gasteiger partial charge in [-0.05, 0) is 32.2 Å². The predicted molar refractivity (Wildman–Crippen MR) is 70.4 cm³/mol. The highest BCUT2D eigenvalue weighted by atomic mass is 19.1. The van der Waals surface area contributed by atoms with E-state index >= 15 is 0 Å². The fourth-order valence-corrected chi connectivity index (χ4v) is 1.73. The highest BCUT2D eigenvalue weighted by Crippen LogP contribution is 2.30. The maximum atomic E-state index is 13.5. The van der Waals surface area contributed by atoms with Gasteiger partial charge in [0.2, 0.25) is 0 Å². The molecule has 18 heavy (non-hydrogen) atoms. The zero-order valence-electron chi connectivity index (χ0n) is 10.5. The molecule has 1 unspecified atom stereocenters. The Hall–Kier alpha value is -1.87. The third-order valence-electron chi connectivity index (χ3n) is 2.88. The summed E-state index contributed by atoms with van der Waals surface area (Å²) in [5.74, 6) is 0.558. The standard InChI is InChI=1S/C15H16FNO/c1-11(17-2)12-7-3-5-9-14(12)18-15-10-6-4-8-13(15)16/h3-11,17H,1-2H3. The smallest absolute Gasteiger partial charge is 0.165 e. The molecule has 2 rings (SSSR count). The van der Waals surface area contributed by atoms with E-state index in [-0.39, 0.29) is 17.6 Å². The maximum absolute atomic E-state index is 13.5. The molecule has 94 valence electrons. The van der Waals surface area contributed by atoms with Crippen LogP contribution in [0.1, 0.15) is 18.5 Å². The minimum Gasteiger partial charge on any atom is -0.454 e. The zero-order valence-corrected chi connectivity index (χ0v) is 10.5. The van der Waals surface area contributed by atoms with Crippen molar-refractivity contribution in [2.24, 2.45) is 0 Å². The largest absolute Gasteiger partial charge is 0.454 e. The molecule has 0 saturated heterocycles. The Bertz CT molecular complexity index is 527. The van der Waals surface area contributed by atoms with Gasteiger partial charge in [-0.15, -0.1) is 0 Å². The van der Waals surface area contributed by atoms with Crippen LogP contribution < -0.4 is 10.1 Å². The lowest BCUT2D eigenvalue weighted by Crippen LogP contribution is -2.13. The average Bonchev–Trinajstić information content (AvgIpc) is 2.41. The second kappa shape index (κ2) is 5.65. The SMILES string of the molecule is CNC(C)c1ccccc1Oc1ccccc1F. The molecule has 2 nitrogen and oxygen atoms in total. The van der Waals surface area contributed by atoms with Crippen LogP contribution in [-0.4, -0.2) is 7.05 Å². The molecule has 2 aromatic carbocycles. The number of para-hydroxylation sites is 2. The van der Waals surface area contributed by atoms with Gasteiger partial charge in [-0.3, -0.25) is 0 Å². The van der Waals surface area contributed by atoms with Gasteiger partial charge >= 0.3 is 0 Å². The molecule has 0 aliphatic rings. The lowest BCUT2D eigenvalue weighted by molar-refractivity contribution is 0.432. The summed E-state index contributed by atoms with van der Waals surface area (Å²) in [6.45, 7) is 2.03. The summed E-state index contributed by atoms with van der Waals surface area (Å²) < 4.78 is 19.2. The molecule has 0 spiro atoms. The predicted octanol–water partition coefficient (Wildman–Crippen LogP) is 3.90. The summed E-state index contributed by atoms with van der Waals surface area (Å²) in [4.78, 5) is 0. The van der Waals surface area contributed by atoms with E-state index in [1.807, 2.05) is 38.2 Å². The highest BCUT2D eigenvalue weighted by Gasteiger charge is 2.11. The first kappa shape index (κ1) is 12.6. The number of benzene rings is 2. The summed E-state index contributed by atoms with van der Waals surface area (Å²) in [5, 5.41) is 3.15. The monoisotopic (exact) mass is 245 g/mol. The molecule has 0 aromatic heterocycles. The molecule has 1 atom stereocenters. The van der Waals surface area contributed by atoms with Crippen molar-refractivity contribution in [3.8, 4) is 11.5 Å². The second-order valence-electron chi connectivity index (χ2n) is 4.08. The highest BCUT2D eigenvalue weighted by molar-refractivity contribution is 5.39. The number of rotatable bonds is 4. The van der Waals surface area contributed by atoms with Crippen molar-refractivity contribution in [2.45, 2.75) is 13.0 Å². The Kier molecular flexibility index (Phi) is 3.95. The van der Waals surface area contributed by atoms with Gasteiger partial charge < -0.3 is 10.1 Å². The first-order chi connectivity index (χ1) is 8.72. The van der Waals surface area contributed by atoms with Crippen molar-refractivity contribution in [2.75, 3.05) is 7.05 Å². The summed E-state index contributed by atoms with van der Waals surface area (Å²) in [5.41, 5.74) is 1.00. The average molecular weight is 245 g/mol. The Morgan fingerprint density at radius 1 is 1.00 bits per heavy atom. The van der Waals surface area contributed by atoms with Crippen molar-refractivity contribution in [1.82, 2.24) is 5.32 Å². The Morgan fingerprint density at radius 2 is 1.61 bits per heavy atom. The van der Waals surface area contributed by atoms with Gasteiger partial charge in [-0.1, -0.05) is 30.3 Å². The number of ether oxygens (including phenoxy) is 1. The van der Waals surface area contributed by atoms with Crippen LogP contribution in [0.2, 0.25) is 0 Å². The second-order valence-corrected chi connectivity index (χ2v) is 4.08. The first-order valence-corrected chi connectivity index (χ1v) is 5.91. The molecule has 1 N–H and O–H groups in total. The maximum Gasteiger partial charge on any atom is 0.165 e. The van der Waals surface area contributed by atoms with Crippen LogP contribution in [0.15, 0.2) is 48.5 Å². The van der Waals surface area contributed by atoms with Crippen LogP contribution in [-0.2, 0) is 0 Å². The van der Waals surface area contributed by atoms with E-state index < -0.39 is 0 Å². The lowest BCUT2D eigenvalue weighted by Gasteiger charge is -2.16. The van der Waals surface area contributed by atoms with Gasteiger partial charge in [-0.25, -0.2) is 4.39 Å². The Morgan fingerprint density at radius 3 is 2.28 bits per heavy atom. The molecule has 2 aromatic rings. The fraction of sp³-hybridized carbons (Fsp3) is 0.200. The van der Waals surface area contributed by atoms with E-state index in [0.29, 0.717) is 5.75 Å². The van der Waals surface area contributed by atoms with E-state index in [0.717, 1.165) is 5.56 Å². The van der Waals surface area contributed by atoms with Crippen LogP contribution in [0, 0.1) is 5.82 Å². The van der Waals surface area contributed by atoms with Crippen molar-refractivity contribution in [1.29, 1.82) is 0 Å². The van der Waals surface area contributed by atoms with E-state index in [1.165, 1.54) is 6.07 Å². The first-order valence-electron chi connectivity index (χ1n) is 5.91. The Labute approximate surface area is 106 Å². The molecule has 0 aliphatic heterocycles. The van der Waals surface area contributed by atoms with E-state index in [4.69, 9.17) is 4.74 Å². The number of halogens is 1. The third-order valence-corrected chi connectivity index (χ3v) is 2.88. The van der Waals surface area contributed by atoms with Gasteiger partial charge in [0.05, 0.1) is 0 Å². The lowest BCUT2D eigenvalue weighted by atomic mass is 10.1. The molecular weight excluding hydrogens is 229 g/mol. The third kappa shape index (κ3) is 2.68. The van der Waals surface area contributed by atoms with Gasteiger partial charge in [0.25, 0.3) is 0 Å². The normalized spacial score (nSPS) is 12.2. The zero-order chi connectivity index (χ0) is 13.0. The molecule has 0 saturated carbocycles. The van der Waals surface area contributed by atoms with Crippen LogP contribution in [0.25, 0.3) is 0 Å². The molecule has 0 aliphatic carbocycles. The summed E-state index contributed by atoms with van der Waals surface area (Å²) in [6.07, 6.45) is 0. The van der Waals surface area contributed by atoms with Gasteiger partial charge in [-0.2, -0.15) is 0 Å². The van der Waals surface area contributed by atoms with Gasteiger partial charge in [0, 0.05) is 11.6 Å². The van der Waals surface area contributed by atoms with E-state index in [9.17, 15) is 4.39 Å². The number of hydrogen-bond acceptors (Lipinski definition) is 2. The number of nitrogens with one attached hydrogen (secondary N) is 1. The Balaban J connectivity index is 2.32. The van der Waals surface area contributed by atoms with Gasteiger partial charge in [0.15, 0.2) is 11.6 Å². The molecule has 0 radical (unpaired) electrons. The molecule has 0 bridgehead atoms. The quantitative estimate of drug-likeness (QED) is 0.882. The minimum atomic E-state index is -0.357. The van der Waals surface area contributed by atoms with Gasteiger partial charge in [0.1, 0.15) is 5.75 Å². The molecule has 0 amide bonds. The molecule has 3 heteroatoms. The van der Waals surface area contributed by atoms with E-state index in [1.54, 1.807) is 18.2 Å². The van der Waals surface area contributed by atoms with E-state index in [2.05, 4.69) is 5.32 Å². The topological polar surface area (TPSA) is 21.3 Å². The van der Waals surface area contributed by atoms with Crippen molar-refractivity contribution < 1.29 is 9.13 Å². The summed E-state index contributed by atoms with van der Waals surface area (Å²) >= 11 is 0. The minimum absolute atomic E-state index is 0.146. The summed E-state index contributed by atoms with van der Waals surface area (Å²) in [7, 11) is 1.88. The van der Waals surface area contributed by atoms with Crippen LogP contribution >= 0.6 is 0 Å². The summed E-state index contributed by atoms with van der Waals surface area (Å²) in [6, 6.07) is 14.2. The van der Waals surface area contributed by atoms with Crippen LogP contribution in [0.5, 0.6) is 11.5 Å². The van der Waals surface area contributed by atoms with Crippen molar-refractivity contribution >= 4 is 0 Å². The molecular formula is C15H16FNO. The molecule has 0 fully saturated rings. The van der Waals surface area contributed by atoms with Crippen LogP contribution in [0.4, 0.5) is 4.39 Å². The number of hydrogen-bond donors (Lipinski definition) is 1. The van der Waals surface area contributed by atoms with Crippen molar-refractivity contribution in [3.05, 3.63) is 59.9 Å².